The first-order valence-corrected chi connectivity index (χ1v) is 12.3. The van der Waals surface area contributed by atoms with E-state index in [4.69, 9.17) is 16.3 Å². The first kappa shape index (κ1) is 25.4. The zero-order valence-electron chi connectivity index (χ0n) is 18.6. The molecule has 0 atom stereocenters. The number of amides is 1. The van der Waals surface area contributed by atoms with E-state index in [-0.39, 0.29) is 20.9 Å². The Kier molecular flexibility index (Phi) is 7.07. The summed E-state index contributed by atoms with van der Waals surface area (Å²) in [5, 5.41) is 13.1. The molecule has 0 radical (unpaired) electrons. The lowest BCUT2D eigenvalue weighted by Crippen LogP contribution is -2.44. The van der Waals surface area contributed by atoms with Gasteiger partial charge in [-0.2, -0.15) is 30.9 Å². The van der Waals surface area contributed by atoms with Gasteiger partial charge in [0.2, 0.25) is 0 Å². The minimum absolute atomic E-state index is 0.0472. The Balaban J connectivity index is 1.57. The molecule has 7 nitrogen and oxygen atoms in total. The quantitative estimate of drug-likeness (QED) is 0.153. The lowest BCUT2D eigenvalue weighted by atomic mass is 10.0. The van der Waals surface area contributed by atoms with Crippen LogP contribution in [0.4, 0.5) is 24.0 Å². The maximum atomic E-state index is 13.6. The van der Waals surface area contributed by atoms with Crippen molar-refractivity contribution in [2.75, 3.05) is 23.0 Å². The molecule has 0 aliphatic rings. The zero-order chi connectivity index (χ0) is 25.4. The highest BCUT2D eigenvalue weighted by atomic mass is 35.5. The number of carbonyl (C=O) groups excluding carboxylic acids is 1. The first-order chi connectivity index (χ1) is 16.5. The van der Waals surface area contributed by atoms with Crippen LogP contribution in [0, 0.1) is 0 Å². The minimum Gasteiger partial charge on any atom is -0.492 e. The zero-order valence-corrected chi connectivity index (χ0v) is 21.1. The number of hydrogen-bond donors (Lipinski definition) is 4. The number of rotatable bonds is 8. The van der Waals surface area contributed by atoms with Crippen LogP contribution in [-0.2, 0) is 11.0 Å². The van der Waals surface area contributed by atoms with Crippen molar-refractivity contribution in [3.8, 4) is 5.75 Å². The molecule has 0 aliphatic carbocycles. The highest BCUT2D eigenvalue weighted by molar-refractivity contribution is 7.80. The van der Waals surface area contributed by atoms with Gasteiger partial charge in [0.05, 0.1) is 39.1 Å². The van der Waals surface area contributed by atoms with Crippen molar-refractivity contribution in [1.82, 2.24) is 15.2 Å². The van der Waals surface area contributed by atoms with Crippen molar-refractivity contribution in [3.05, 3.63) is 41.0 Å². The monoisotopic (exact) mass is 543 g/mol. The number of anilines is 2. The summed E-state index contributed by atoms with van der Waals surface area (Å²) in [4.78, 5) is 17.2. The molecule has 0 saturated carbocycles. The van der Waals surface area contributed by atoms with Crippen molar-refractivity contribution in [2.45, 2.75) is 32.0 Å². The van der Waals surface area contributed by atoms with E-state index in [1.807, 2.05) is 0 Å². The number of nitrogens with zero attached hydrogens (tertiary/aromatic N) is 2. The smallest absolute Gasteiger partial charge is 0.418 e. The summed E-state index contributed by atoms with van der Waals surface area (Å²) in [5.41, 5.74) is -1.46. The first-order valence-electron chi connectivity index (χ1n) is 10.5. The highest BCUT2D eigenvalue weighted by Gasteiger charge is 2.36. The van der Waals surface area contributed by atoms with E-state index in [1.165, 1.54) is 6.20 Å². The molecule has 35 heavy (non-hydrogen) atoms. The second-order valence-corrected chi connectivity index (χ2v) is 10.1. The molecule has 4 rings (SSSR count). The summed E-state index contributed by atoms with van der Waals surface area (Å²) in [7, 11) is 0. The van der Waals surface area contributed by atoms with Gasteiger partial charge in [-0.3, -0.25) is 15.2 Å². The molecule has 13 heteroatoms. The molecule has 0 saturated heterocycles. The number of alkyl halides is 3. The van der Waals surface area contributed by atoms with Gasteiger partial charge in [0.1, 0.15) is 11.3 Å². The van der Waals surface area contributed by atoms with Gasteiger partial charge < -0.3 is 10.1 Å². The Labute approximate surface area is 212 Å². The SMILES string of the molecule is CC(C)(Nc1ccc(Cl)c(OCCCS)c1)C(=O)Nc1nc2c(C(F)(F)F)cc3[nH]ncc3c2s1. The fourth-order valence-corrected chi connectivity index (χ4v) is 4.66. The number of thiazole rings is 1. The number of halogens is 4. The maximum absolute atomic E-state index is 13.6. The highest BCUT2D eigenvalue weighted by Crippen LogP contribution is 2.41. The molecular formula is C22H21ClF3N5O2S2. The van der Waals surface area contributed by atoms with Gasteiger partial charge in [-0.1, -0.05) is 22.9 Å². The van der Waals surface area contributed by atoms with Gasteiger partial charge >= 0.3 is 6.18 Å². The number of thiol groups is 1. The fourth-order valence-electron chi connectivity index (χ4n) is 3.36. The Morgan fingerprint density at radius 3 is 2.77 bits per heavy atom. The second-order valence-electron chi connectivity index (χ2n) is 8.22. The third-order valence-electron chi connectivity index (χ3n) is 5.13. The summed E-state index contributed by atoms with van der Waals surface area (Å²) in [6, 6.07) is 6.00. The van der Waals surface area contributed by atoms with Gasteiger partial charge in [0.25, 0.3) is 5.91 Å². The Morgan fingerprint density at radius 1 is 1.29 bits per heavy atom. The normalized spacial score (nSPS) is 12.3. The predicted octanol–water partition coefficient (Wildman–Crippen LogP) is 6.37. The molecule has 0 aliphatic heterocycles. The van der Waals surface area contributed by atoms with E-state index in [2.05, 4.69) is 38.4 Å². The van der Waals surface area contributed by atoms with E-state index in [9.17, 15) is 18.0 Å². The van der Waals surface area contributed by atoms with E-state index >= 15 is 0 Å². The molecular weight excluding hydrogens is 523 g/mol. The molecule has 2 aromatic carbocycles. The summed E-state index contributed by atoms with van der Waals surface area (Å²) in [6.45, 7) is 3.72. The second kappa shape index (κ2) is 9.75. The largest absolute Gasteiger partial charge is 0.492 e. The van der Waals surface area contributed by atoms with Gasteiger partial charge in [-0.25, -0.2) is 4.98 Å². The van der Waals surface area contributed by atoms with Gasteiger partial charge in [0, 0.05) is 17.1 Å². The average molecular weight is 544 g/mol. The number of ether oxygens (including phenoxy) is 1. The molecule has 186 valence electrons. The number of hydrogen-bond acceptors (Lipinski definition) is 7. The number of nitrogens with one attached hydrogen (secondary N) is 3. The van der Waals surface area contributed by atoms with Crippen LogP contribution < -0.4 is 15.4 Å². The average Bonchev–Trinajstić information content (AvgIpc) is 3.40. The number of H-pyrrole nitrogens is 1. The number of fused-ring (bicyclic) bond motifs is 3. The minimum atomic E-state index is -4.62. The van der Waals surface area contributed by atoms with Crippen molar-refractivity contribution < 1.29 is 22.7 Å². The van der Waals surface area contributed by atoms with Crippen LogP contribution in [0.25, 0.3) is 21.1 Å². The van der Waals surface area contributed by atoms with Gasteiger partial charge in [0.15, 0.2) is 5.13 Å². The van der Waals surface area contributed by atoms with Crippen LogP contribution in [0.5, 0.6) is 5.75 Å². The molecule has 0 unspecified atom stereocenters. The molecule has 0 spiro atoms. The summed E-state index contributed by atoms with van der Waals surface area (Å²) >= 11 is 11.3. The Hall–Kier alpha value is -2.70. The fraction of sp³-hybridized carbons (Fsp3) is 0.318. The van der Waals surface area contributed by atoms with Gasteiger partial charge in [-0.15, -0.1) is 0 Å². The van der Waals surface area contributed by atoms with E-state index in [0.717, 1.165) is 23.8 Å². The van der Waals surface area contributed by atoms with Crippen molar-refractivity contribution >= 4 is 73.4 Å². The molecule has 2 aromatic heterocycles. The molecule has 2 heterocycles. The topological polar surface area (TPSA) is 91.9 Å². The van der Waals surface area contributed by atoms with E-state index in [1.54, 1.807) is 32.0 Å². The molecule has 1 amide bonds. The molecule has 0 fully saturated rings. The molecule has 0 bridgehead atoms. The van der Waals surface area contributed by atoms with Crippen molar-refractivity contribution in [1.29, 1.82) is 0 Å². The van der Waals surface area contributed by atoms with E-state index in [0.29, 0.717) is 34.2 Å². The third-order valence-corrected chi connectivity index (χ3v) is 6.76. The number of benzene rings is 2. The number of carbonyl (C=O) groups is 1. The Morgan fingerprint density at radius 2 is 2.06 bits per heavy atom. The Bertz CT molecular complexity index is 1390. The van der Waals surface area contributed by atoms with Crippen molar-refractivity contribution in [3.63, 3.8) is 0 Å². The van der Waals surface area contributed by atoms with Crippen LogP contribution in [0.15, 0.2) is 30.5 Å². The number of aromatic nitrogens is 3. The van der Waals surface area contributed by atoms with Crippen LogP contribution in [-0.4, -0.2) is 39.0 Å². The van der Waals surface area contributed by atoms with Crippen molar-refractivity contribution in [2.24, 2.45) is 0 Å². The van der Waals surface area contributed by atoms with Crippen LogP contribution in [0.3, 0.4) is 0 Å². The standard InChI is InChI=1S/C22H21ClF3N5O2S2/c1-21(2,30-11-4-5-14(23)16(8-11)33-6-3-7-34)19(32)29-20-28-17-13(22(24,25)26)9-15-12(10-27-31-15)18(17)35-20/h4-5,8-10,30,34H,3,6-7H2,1-2H3,(H,27,31)(H,28,29,32). The molecule has 4 aromatic rings. The number of aromatic amines is 1. The maximum Gasteiger partial charge on any atom is 0.418 e. The summed E-state index contributed by atoms with van der Waals surface area (Å²) < 4.78 is 46.8. The predicted molar refractivity (Wildman–Crippen MR) is 136 cm³/mol. The third kappa shape index (κ3) is 5.44. The molecule has 3 N–H and O–H groups in total. The summed E-state index contributed by atoms with van der Waals surface area (Å²) in [6.07, 6.45) is -2.44. The van der Waals surface area contributed by atoms with Crippen LogP contribution in [0.2, 0.25) is 5.02 Å². The lowest BCUT2D eigenvalue weighted by Gasteiger charge is -2.26. The van der Waals surface area contributed by atoms with Crippen LogP contribution >= 0.6 is 35.6 Å². The lowest BCUT2D eigenvalue weighted by molar-refractivity contribution is -0.136. The van der Waals surface area contributed by atoms with Gasteiger partial charge in [-0.05, 0) is 44.2 Å². The van der Waals surface area contributed by atoms with E-state index < -0.39 is 23.2 Å². The van der Waals surface area contributed by atoms with Crippen LogP contribution in [0.1, 0.15) is 25.8 Å². The summed E-state index contributed by atoms with van der Waals surface area (Å²) in [5.74, 6) is 0.649.